The summed E-state index contributed by atoms with van der Waals surface area (Å²) in [5, 5.41) is 15.7. The number of nitrogens with zero attached hydrogens (tertiary/aromatic N) is 3. The molecule has 2 N–H and O–H groups in total. The highest BCUT2D eigenvalue weighted by atomic mass is 16.5. The number of carbonyl (C=O) groups is 2. The van der Waals surface area contributed by atoms with Crippen LogP contribution in [0.1, 0.15) is 31.0 Å². The van der Waals surface area contributed by atoms with Gasteiger partial charge in [-0.2, -0.15) is 4.98 Å². The summed E-state index contributed by atoms with van der Waals surface area (Å²) in [5.74, 6) is 0.278. The zero-order valence-electron chi connectivity index (χ0n) is 11.8. The molecule has 1 aromatic heterocycles. The van der Waals surface area contributed by atoms with Gasteiger partial charge in [0.15, 0.2) is 5.82 Å². The highest BCUT2D eigenvalue weighted by molar-refractivity contribution is 5.83. The van der Waals surface area contributed by atoms with E-state index in [1.807, 2.05) is 0 Å². The number of carboxylic acids is 1. The van der Waals surface area contributed by atoms with Crippen LogP contribution in [0.25, 0.3) is 0 Å². The lowest BCUT2D eigenvalue weighted by molar-refractivity contribution is -0.142. The van der Waals surface area contributed by atoms with E-state index < -0.39 is 12.0 Å². The maximum atomic E-state index is 12.2. The minimum absolute atomic E-state index is 0.0823. The number of aromatic nitrogens is 2. The normalized spacial score (nSPS) is 27.7. The van der Waals surface area contributed by atoms with Crippen LogP contribution in [0.5, 0.6) is 0 Å². The lowest BCUT2D eigenvalue weighted by Gasteiger charge is -2.24. The van der Waals surface area contributed by atoms with Gasteiger partial charge in [-0.15, -0.1) is 0 Å². The van der Waals surface area contributed by atoms with Gasteiger partial charge in [0.25, 0.3) is 0 Å². The van der Waals surface area contributed by atoms with Crippen LogP contribution in [-0.4, -0.2) is 44.7 Å². The second-order valence-electron chi connectivity index (χ2n) is 5.68. The van der Waals surface area contributed by atoms with Crippen molar-refractivity contribution in [2.24, 2.45) is 11.8 Å². The Kier molecular flexibility index (Phi) is 3.52. The number of hydrogen-bond acceptors (Lipinski definition) is 5. The summed E-state index contributed by atoms with van der Waals surface area (Å²) in [4.78, 5) is 29.1. The highest BCUT2D eigenvalue weighted by Gasteiger charge is 2.49. The van der Waals surface area contributed by atoms with Gasteiger partial charge in [-0.25, -0.2) is 9.59 Å². The molecule has 1 saturated heterocycles. The predicted molar refractivity (Wildman–Crippen MR) is 70.2 cm³/mol. The molecule has 3 rings (SSSR count). The second-order valence-corrected chi connectivity index (χ2v) is 5.68. The summed E-state index contributed by atoms with van der Waals surface area (Å²) in [6.07, 6.45) is 2.94. The maximum absolute atomic E-state index is 12.2. The molecule has 2 aliphatic rings. The van der Waals surface area contributed by atoms with Gasteiger partial charge >= 0.3 is 12.0 Å². The molecule has 0 aromatic carbocycles. The van der Waals surface area contributed by atoms with E-state index in [1.165, 1.54) is 4.90 Å². The zero-order chi connectivity index (χ0) is 15.0. The summed E-state index contributed by atoms with van der Waals surface area (Å²) >= 11 is 0. The predicted octanol–water partition coefficient (Wildman–Crippen LogP) is 0.773. The molecule has 8 heteroatoms. The number of rotatable bonds is 3. The van der Waals surface area contributed by atoms with E-state index in [-0.39, 0.29) is 18.5 Å². The first-order chi connectivity index (χ1) is 10.1. The fraction of sp³-hybridized carbons (Fsp3) is 0.692. The Bertz CT molecular complexity index is 558. The standard InChI is InChI=1S/C13H18N4O4/c1-7-15-10(21-16-7)5-14-13(20)17-6-8-3-2-4-9(8)11(17)12(18)19/h8-9,11H,2-6H2,1H3,(H,14,20)(H,18,19). The van der Waals surface area contributed by atoms with Crippen molar-refractivity contribution in [1.29, 1.82) is 0 Å². The Morgan fingerprint density at radius 1 is 1.48 bits per heavy atom. The lowest BCUT2D eigenvalue weighted by atomic mass is 9.94. The Morgan fingerprint density at radius 3 is 2.95 bits per heavy atom. The Morgan fingerprint density at radius 2 is 2.29 bits per heavy atom. The molecular weight excluding hydrogens is 276 g/mol. The molecule has 1 saturated carbocycles. The lowest BCUT2D eigenvalue weighted by Crippen LogP contribution is -2.47. The van der Waals surface area contributed by atoms with Crippen molar-refractivity contribution in [3.63, 3.8) is 0 Å². The first kappa shape index (κ1) is 13.8. The number of nitrogens with one attached hydrogen (secondary N) is 1. The van der Waals surface area contributed by atoms with Gasteiger partial charge < -0.3 is 19.8 Å². The van der Waals surface area contributed by atoms with Crippen molar-refractivity contribution in [3.05, 3.63) is 11.7 Å². The first-order valence-electron chi connectivity index (χ1n) is 7.12. The molecule has 0 radical (unpaired) electrons. The van der Waals surface area contributed by atoms with Crippen molar-refractivity contribution >= 4 is 12.0 Å². The fourth-order valence-corrected chi connectivity index (χ4v) is 3.50. The summed E-state index contributed by atoms with van der Waals surface area (Å²) in [5.41, 5.74) is 0. The van der Waals surface area contributed by atoms with Crippen LogP contribution in [0, 0.1) is 18.8 Å². The molecule has 114 valence electrons. The summed E-state index contributed by atoms with van der Waals surface area (Å²) in [6.45, 7) is 2.31. The summed E-state index contributed by atoms with van der Waals surface area (Å²) < 4.78 is 4.92. The monoisotopic (exact) mass is 294 g/mol. The van der Waals surface area contributed by atoms with Crippen molar-refractivity contribution in [2.45, 2.75) is 38.8 Å². The zero-order valence-corrected chi connectivity index (χ0v) is 11.8. The number of fused-ring (bicyclic) bond motifs is 1. The van der Waals surface area contributed by atoms with Crippen molar-refractivity contribution < 1.29 is 19.2 Å². The number of likely N-dealkylation sites (tertiary alicyclic amines) is 1. The Hall–Kier alpha value is -2.12. The third-order valence-corrected chi connectivity index (χ3v) is 4.36. The molecule has 0 spiro atoms. The molecule has 2 heterocycles. The number of amides is 2. The van der Waals surface area contributed by atoms with E-state index in [0.29, 0.717) is 24.2 Å². The molecule has 2 amide bonds. The van der Waals surface area contributed by atoms with Gasteiger partial charge in [0.2, 0.25) is 5.89 Å². The number of carbonyl (C=O) groups excluding carboxylic acids is 1. The summed E-state index contributed by atoms with van der Waals surface area (Å²) in [6, 6.07) is -1.10. The number of urea groups is 1. The number of aliphatic carboxylic acids is 1. The highest BCUT2D eigenvalue weighted by Crippen LogP contribution is 2.42. The van der Waals surface area contributed by atoms with E-state index in [1.54, 1.807) is 6.92 Å². The maximum Gasteiger partial charge on any atom is 0.326 e. The third kappa shape index (κ3) is 2.57. The minimum Gasteiger partial charge on any atom is -0.480 e. The smallest absolute Gasteiger partial charge is 0.326 e. The van der Waals surface area contributed by atoms with E-state index in [4.69, 9.17) is 4.52 Å². The number of hydrogen-bond donors (Lipinski definition) is 2. The molecular formula is C13H18N4O4. The molecule has 2 fully saturated rings. The van der Waals surface area contributed by atoms with Crippen molar-refractivity contribution in [2.75, 3.05) is 6.54 Å². The van der Waals surface area contributed by atoms with Gasteiger partial charge in [-0.3, -0.25) is 0 Å². The molecule has 1 aliphatic heterocycles. The van der Waals surface area contributed by atoms with Crippen molar-refractivity contribution in [1.82, 2.24) is 20.4 Å². The molecule has 1 aromatic rings. The number of carboxylic acid groups (broad SMARTS) is 1. The van der Waals surface area contributed by atoms with E-state index in [0.717, 1.165) is 19.3 Å². The fourth-order valence-electron chi connectivity index (χ4n) is 3.50. The minimum atomic E-state index is -0.923. The number of aryl methyl sites for hydroxylation is 1. The van der Waals surface area contributed by atoms with Gasteiger partial charge in [-0.05, 0) is 31.6 Å². The quantitative estimate of drug-likeness (QED) is 0.852. The van der Waals surface area contributed by atoms with Gasteiger partial charge in [0.05, 0.1) is 6.54 Å². The molecule has 3 unspecified atom stereocenters. The molecule has 1 aliphatic carbocycles. The SMILES string of the molecule is Cc1noc(CNC(=O)N2CC3CCCC3C2C(=O)O)n1. The van der Waals surface area contributed by atoms with Gasteiger partial charge in [0, 0.05) is 6.54 Å². The van der Waals surface area contributed by atoms with Crippen molar-refractivity contribution in [3.8, 4) is 0 Å². The Balaban J connectivity index is 1.64. The van der Waals surface area contributed by atoms with E-state index in [2.05, 4.69) is 15.5 Å². The molecule has 0 bridgehead atoms. The van der Waals surface area contributed by atoms with Crippen LogP contribution in [0.3, 0.4) is 0 Å². The summed E-state index contributed by atoms with van der Waals surface area (Å²) in [7, 11) is 0. The van der Waals surface area contributed by atoms with Crippen LogP contribution in [-0.2, 0) is 11.3 Å². The van der Waals surface area contributed by atoms with E-state index >= 15 is 0 Å². The molecule has 8 nitrogen and oxygen atoms in total. The first-order valence-corrected chi connectivity index (χ1v) is 7.12. The van der Waals surface area contributed by atoms with Crippen LogP contribution in [0.2, 0.25) is 0 Å². The topological polar surface area (TPSA) is 109 Å². The Labute approximate surface area is 121 Å². The van der Waals surface area contributed by atoms with Gasteiger partial charge in [-0.1, -0.05) is 11.6 Å². The molecule has 3 atom stereocenters. The second kappa shape index (κ2) is 5.34. The van der Waals surface area contributed by atoms with E-state index in [9.17, 15) is 14.7 Å². The average molecular weight is 294 g/mol. The van der Waals surface area contributed by atoms with Gasteiger partial charge in [0.1, 0.15) is 6.04 Å². The van der Waals surface area contributed by atoms with Crippen LogP contribution in [0.15, 0.2) is 4.52 Å². The van der Waals surface area contributed by atoms with Crippen LogP contribution < -0.4 is 5.32 Å². The average Bonchev–Trinajstić information content (AvgIpc) is 3.09. The third-order valence-electron chi connectivity index (χ3n) is 4.36. The largest absolute Gasteiger partial charge is 0.480 e. The van der Waals surface area contributed by atoms with Crippen LogP contribution in [0.4, 0.5) is 4.79 Å². The van der Waals surface area contributed by atoms with Crippen LogP contribution >= 0.6 is 0 Å². The molecule has 21 heavy (non-hydrogen) atoms.